The molecule has 4 heteroatoms. The van der Waals surface area contributed by atoms with E-state index in [0.29, 0.717) is 18.1 Å². The van der Waals surface area contributed by atoms with Crippen LogP contribution >= 0.6 is 0 Å². The quantitative estimate of drug-likeness (QED) is 0.915. The summed E-state index contributed by atoms with van der Waals surface area (Å²) < 4.78 is 0. The standard InChI is InChI=1S/C15H17N3O/c1-11-6-3-4-7-12(11)10-18(2)15(19)13-8-5-9-14(16)17-13/h3-9H,10H2,1-2H3,(H2,16,17). The molecule has 0 radical (unpaired) electrons. The summed E-state index contributed by atoms with van der Waals surface area (Å²) in [5.74, 6) is 0.227. The van der Waals surface area contributed by atoms with Gasteiger partial charge in [0, 0.05) is 13.6 Å². The van der Waals surface area contributed by atoms with E-state index < -0.39 is 0 Å². The number of aryl methyl sites for hydroxylation is 1. The van der Waals surface area contributed by atoms with Gasteiger partial charge >= 0.3 is 0 Å². The van der Waals surface area contributed by atoms with E-state index in [1.165, 1.54) is 5.56 Å². The highest BCUT2D eigenvalue weighted by Crippen LogP contribution is 2.11. The van der Waals surface area contributed by atoms with E-state index in [0.717, 1.165) is 5.56 Å². The molecule has 1 amide bonds. The molecule has 2 aromatic rings. The van der Waals surface area contributed by atoms with Crippen molar-refractivity contribution in [2.45, 2.75) is 13.5 Å². The molecule has 0 saturated heterocycles. The van der Waals surface area contributed by atoms with Crippen LogP contribution in [-0.2, 0) is 6.54 Å². The maximum atomic E-state index is 12.2. The molecule has 0 saturated carbocycles. The van der Waals surface area contributed by atoms with Crippen LogP contribution in [-0.4, -0.2) is 22.8 Å². The Hall–Kier alpha value is -2.36. The molecular formula is C15H17N3O. The molecule has 2 rings (SSSR count). The molecule has 1 aromatic carbocycles. The van der Waals surface area contributed by atoms with Crippen LogP contribution in [0.4, 0.5) is 5.82 Å². The second kappa shape index (κ2) is 5.52. The average molecular weight is 255 g/mol. The molecule has 0 aliphatic carbocycles. The van der Waals surface area contributed by atoms with Crippen molar-refractivity contribution in [2.75, 3.05) is 12.8 Å². The van der Waals surface area contributed by atoms with Crippen LogP contribution in [0.5, 0.6) is 0 Å². The number of anilines is 1. The zero-order valence-electron chi connectivity index (χ0n) is 11.1. The first-order chi connectivity index (χ1) is 9.08. The van der Waals surface area contributed by atoms with Gasteiger partial charge in [-0.25, -0.2) is 4.98 Å². The van der Waals surface area contributed by atoms with E-state index in [2.05, 4.69) is 4.98 Å². The molecule has 19 heavy (non-hydrogen) atoms. The Labute approximate surface area is 112 Å². The lowest BCUT2D eigenvalue weighted by molar-refractivity contribution is 0.0779. The largest absolute Gasteiger partial charge is 0.384 e. The number of aromatic nitrogens is 1. The normalized spacial score (nSPS) is 10.2. The summed E-state index contributed by atoms with van der Waals surface area (Å²) >= 11 is 0. The van der Waals surface area contributed by atoms with E-state index in [1.54, 1.807) is 30.1 Å². The van der Waals surface area contributed by atoms with Gasteiger partial charge in [0.1, 0.15) is 11.5 Å². The molecule has 0 fully saturated rings. The van der Waals surface area contributed by atoms with Gasteiger partial charge in [0.15, 0.2) is 0 Å². The molecule has 0 aliphatic heterocycles. The van der Waals surface area contributed by atoms with Gasteiger partial charge in [0.05, 0.1) is 0 Å². The summed E-state index contributed by atoms with van der Waals surface area (Å²) in [6.45, 7) is 2.59. The van der Waals surface area contributed by atoms with Crippen molar-refractivity contribution < 1.29 is 4.79 Å². The number of nitrogen functional groups attached to an aromatic ring is 1. The van der Waals surface area contributed by atoms with Crippen LogP contribution < -0.4 is 5.73 Å². The van der Waals surface area contributed by atoms with Crippen molar-refractivity contribution in [3.05, 3.63) is 59.3 Å². The lowest BCUT2D eigenvalue weighted by atomic mass is 10.1. The number of carbonyl (C=O) groups is 1. The number of carbonyl (C=O) groups excluding carboxylic acids is 1. The molecule has 98 valence electrons. The Kier molecular flexibility index (Phi) is 3.80. The highest BCUT2D eigenvalue weighted by molar-refractivity contribution is 5.92. The van der Waals surface area contributed by atoms with Crippen LogP contribution in [0.15, 0.2) is 42.5 Å². The molecule has 0 bridgehead atoms. The Morgan fingerprint density at radius 3 is 2.63 bits per heavy atom. The lowest BCUT2D eigenvalue weighted by Gasteiger charge is -2.18. The Bertz CT molecular complexity index is 595. The van der Waals surface area contributed by atoms with Crippen LogP contribution in [0.1, 0.15) is 21.6 Å². The minimum Gasteiger partial charge on any atom is -0.384 e. The molecule has 0 spiro atoms. The maximum Gasteiger partial charge on any atom is 0.272 e. The van der Waals surface area contributed by atoms with Gasteiger partial charge in [-0.2, -0.15) is 0 Å². The van der Waals surface area contributed by atoms with Crippen molar-refractivity contribution in [1.82, 2.24) is 9.88 Å². The molecule has 0 atom stereocenters. The summed E-state index contributed by atoms with van der Waals surface area (Å²) in [6, 6.07) is 13.1. The minimum atomic E-state index is -0.129. The van der Waals surface area contributed by atoms with Crippen molar-refractivity contribution in [2.24, 2.45) is 0 Å². The number of benzene rings is 1. The van der Waals surface area contributed by atoms with Crippen LogP contribution in [0, 0.1) is 6.92 Å². The van der Waals surface area contributed by atoms with Gasteiger partial charge in [0.2, 0.25) is 0 Å². The molecule has 2 N–H and O–H groups in total. The lowest BCUT2D eigenvalue weighted by Crippen LogP contribution is -2.27. The molecule has 4 nitrogen and oxygen atoms in total. The summed E-state index contributed by atoms with van der Waals surface area (Å²) in [5, 5.41) is 0. The molecular weight excluding hydrogens is 238 g/mol. The first-order valence-electron chi connectivity index (χ1n) is 6.10. The van der Waals surface area contributed by atoms with Gasteiger partial charge in [0.25, 0.3) is 5.91 Å². The summed E-state index contributed by atoms with van der Waals surface area (Å²) in [6.07, 6.45) is 0. The number of amides is 1. The topological polar surface area (TPSA) is 59.2 Å². The second-order valence-electron chi connectivity index (χ2n) is 4.54. The molecule has 0 aliphatic rings. The highest BCUT2D eigenvalue weighted by atomic mass is 16.2. The highest BCUT2D eigenvalue weighted by Gasteiger charge is 2.14. The minimum absolute atomic E-state index is 0.129. The van der Waals surface area contributed by atoms with Crippen molar-refractivity contribution in [1.29, 1.82) is 0 Å². The maximum absolute atomic E-state index is 12.2. The monoisotopic (exact) mass is 255 g/mol. The molecule has 1 heterocycles. The predicted molar refractivity (Wildman–Crippen MR) is 75.6 cm³/mol. The van der Waals surface area contributed by atoms with E-state index in [1.807, 2.05) is 31.2 Å². The van der Waals surface area contributed by atoms with Crippen molar-refractivity contribution >= 4 is 11.7 Å². The number of rotatable bonds is 3. The number of hydrogen-bond acceptors (Lipinski definition) is 3. The van der Waals surface area contributed by atoms with E-state index in [-0.39, 0.29) is 5.91 Å². The zero-order chi connectivity index (χ0) is 13.8. The SMILES string of the molecule is Cc1ccccc1CN(C)C(=O)c1cccc(N)n1. The fourth-order valence-corrected chi connectivity index (χ4v) is 1.88. The number of nitrogens with zero attached hydrogens (tertiary/aromatic N) is 2. The van der Waals surface area contributed by atoms with Crippen LogP contribution in [0.25, 0.3) is 0 Å². The van der Waals surface area contributed by atoms with E-state index in [9.17, 15) is 4.79 Å². The van der Waals surface area contributed by atoms with Gasteiger partial charge in [-0.1, -0.05) is 30.3 Å². The second-order valence-corrected chi connectivity index (χ2v) is 4.54. The fraction of sp³-hybridized carbons (Fsp3) is 0.200. The summed E-state index contributed by atoms with van der Waals surface area (Å²) in [7, 11) is 1.76. The summed E-state index contributed by atoms with van der Waals surface area (Å²) in [4.78, 5) is 17.9. The van der Waals surface area contributed by atoms with Crippen LogP contribution in [0.3, 0.4) is 0 Å². The smallest absolute Gasteiger partial charge is 0.272 e. The number of nitrogens with two attached hydrogens (primary N) is 1. The first kappa shape index (κ1) is 13.1. The van der Waals surface area contributed by atoms with Crippen molar-refractivity contribution in [3.63, 3.8) is 0 Å². The van der Waals surface area contributed by atoms with Gasteiger partial charge in [-0.05, 0) is 30.2 Å². The molecule has 1 aromatic heterocycles. The Morgan fingerprint density at radius 2 is 1.95 bits per heavy atom. The third-order valence-corrected chi connectivity index (χ3v) is 3.01. The number of pyridine rings is 1. The first-order valence-corrected chi connectivity index (χ1v) is 6.10. The zero-order valence-corrected chi connectivity index (χ0v) is 11.1. The van der Waals surface area contributed by atoms with E-state index >= 15 is 0 Å². The summed E-state index contributed by atoms with van der Waals surface area (Å²) in [5.41, 5.74) is 8.26. The van der Waals surface area contributed by atoms with Gasteiger partial charge in [-0.3, -0.25) is 4.79 Å². The van der Waals surface area contributed by atoms with Gasteiger partial charge < -0.3 is 10.6 Å². The van der Waals surface area contributed by atoms with Gasteiger partial charge in [-0.15, -0.1) is 0 Å². The fourth-order valence-electron chi connectivity index (χ4n) is 1.88. The van der Waals surface area contributed by atoms with E-state index in [4.69, 9.17) is 5.73 Å². The van der Waals surface area contributed by atoms with Crippen LogP contribution in [0.2, 0.25) is 0 Å². The Balaban J connectivity index is 2.14. The molecule has 0 unspecified atom stereocenters. The third-order valence-electron chi connectivity index (χ3n) is 3.01. The average Bonchev–Trinajstić information content (AvgIpc) is 2.40. The van der Waals surface area contributed by atoms with Crippen molar-refractivity contribution in [3.8, 4) is 0 Å². The Morgan fingerprint density at radius 1 is 1.21 bits per heavy atom. The third kappa shape index (κ3) is 3.10. The predicted octanol–water partition coefficient (Wildman–Crippen LogP) is 2.24. The number of hydrogen-bond donors (Lipinski definition) is 1.